The van der Waals surface area contributed by atoms with Crippen LogP contribution in [0.15, 0.2) is 28.7 Å². The number of rotatable bonds is 3. The zero-order valence-corrected chi connectivity index (χ0v) is 9.84. The van der Waals surface area contributed by atoms with Crippen LogP contribution in [0.2, 0.25) is 0 Å². The molecule has 0 unspecified atom stereocenters. The fourth-order valence-electron chi connectivity index (χ4n) is 1.68. The summed E-state index contributed by atoms with van der Waals surface area (Å²) in [6, 6.07) is 9.43. The van der Waals surface area contributed by atoms with Crippen LogP contribution in [0.4, 0.5) is 0 Å². The van der Waals surface area contributed by atoms with Crippen LogP contribution in [-0.4, -0.2) is 19.1 Å². The van der Waals surface area contributed by atoms with E-state index in [9.17, 15) is 0 Å². The molecule has 1 saturated heterocycles. The average Bonchev–Trinajstić information content (AvgIpc) is 2.12. The monoisotopic (exact) mass is 254 g/mol. The summed E-state index contributed by atoms with van der Waals surface area (Å²) >= 11 is 3.57. The normalized spacial score (nSPS) is 19.0. The van der Waals surface area contributed by atoms with Gasteiger partial charge in [-0.05, 0) is 18.6 Å². The molecule has 0 spiro atoms. The molecule has 0 bridgehead atoms. The van der Waals surface area contributed by atoms with Crippen LogP contribution in [0.25, 0.3) is 0 Å². The third-order valence-electron chi connectivity index (χ3n) is 2.64. The Morgan fingerprint density at radius 3 is 2.71 bits per heavy atom. The average molecular weight is 255 g/mol. The Balaban J connectivity index is 2.02. The van der Waals surface area contributed by atoms with E-state index in [1.165, 1.54) is 10.0 Å². The van der Waals surface area contributed by atoms with Crippen molar-refractivity contribution in [3.8, 4) is 0 Å². The van der Waals surface area contributed by atoms with Crippen molar-refractivity contribution >= 4 is 15.9 Å². The van der Waals surface area contributed by atoms with Gasteiger partial charge in [0, 0.05) is 29.6 Å². The van der Waals surface area contributed by atoms with E-state index in [4.69, 9.17) is 0 Å². The van der Waals surface area contributed by atoms with Crippen molar-refractivity contribution in [3.05, 3.63) is 34.3 Å². The van der Waals surface area contributed by atoms with Gasteiger partial charge in [-0.2, -0.15) is 0 Å². The molecule has 1 aromatic rings. The third kappa shape index (κ3) is 2.16. The molecule has 1 atom stereocenters. The standard InChI is InChI=1S/C11H15BrN2/c1-8(14-9-6-13-7-9)10-4-2-3-5-11(10)12/h2-5,8-9,13-14H,6-7H2,1H3/t8-/m0/s1. The summed E-state index contributed by atoms with van der Waals surface area (Å²) < 4.78 is 1.19. The van der Waals surface area contributed by atoms with Gasteiger partial charge in [0.05, 0.1) is 0 Å². The fourth-order valence-corrected chi connectivity index (χ4v) is 2.30. The molecule has 2 N–H and O–H groups in total. The Labute approximate surface area is 93.2 Å². The van der Waals surface area contributed by atoms with E-state index in [-0.39, 0.29) is 0 Å². The van der Waals surface area contributed by atoms with Gasteiger partial charge in [-0.15, -0.1) is 0 Å². The summed E-state index contributed by atoms with van der Waals surface area (Å²) in [6.07, 6.45) is 0. The van der Waals surface area contributed by atoms with Crippen molar-refractivity contribution in [1.82, 2.24) is 10.6 Å². The van der Waals surface area contributed by atoms with Crippen LogP contribution < -0.4 is 10.6 Å². The van der Waals surface area contributed by atoms with Crippen molar-refractivity contribution in [1.29, 1.82) is 0 Å². The van der Waals surface area contributed by atoms with E-state index in [0.29, 0.717) is 12.1 Å². The van der Waals surface area contributed by atoms with Gasteiger partial charge >= 0.3 is 0 Å². The Hall–Kier alpha value is -0.380. The minimum Gasteiger partial charge on any atom is -0.314 e. The van der Waals surface area contributed by atoms with Crippen molar-refractivity contribution < 1.29 is 0 Å². The summed E-state index contributed by atoms with van der Waals surface area (Å²) in [5.74, 6) is 0. The van der Waals surface area contributed by atoms with E-state index in [0.717, 1.165) is 13.1 Å². The zero-order valence-electron chi connectivity index (χ0n) is 8.26. The van der Waals surface area contributed by atoms with E-state index < -0.39 is 0 Å². The highest BCUT2D eigenvalue weighted by Gasteiger charge is 2.19. The second-order valence-corrected chi connectivity index (χ2v) is 4.62. The molecule has 2 rings (SSSR count). The summed E-state index contributed by atoms with van der Waals surface area (Å²) in [7, 11) is 0. The molecule has 1 aromatic carbocycles. The fraction of sp³-hybridized carbons (Fsp3) is 0.455. The van der Waals surface area contributed by atoms with Gasteiger partial charge in [-0.1, -0.05) is 34.1 Å². The highest BCUT2D eigenvalue weighted by atomic mass is 79.9. The zero-order chi connectivity index (χ0) is 9.97. The van der Waals surface area contributed by atoms with Crippen molar-refractivity contribution in [2.24, 2.45) is 0 Å². The largest absolute Gasteiger partial charge is 0.314 e. The molecule has 0 aromatic heterocycles. The summed E-state index contributed by atoms with van der Waals surface area (Å²) in [5.41, 5.74) is 1.33. The van der Waals surface area contributed by atoms with Crippen molar-refractivity contribution in [2.45, 2.75) is 19.0 Å². The van der Waals surface area contributed by atoms with E-state index in [2.05, 4.69) is 51.7 Å². The Morgan fingerprint density at radius 2 is 2.14 bits per heavy atom. The van der Waals surface area contributed by atoms with E-state index >= 15 is 0 Å². The molecule has 14 heavy (non-hydrogen) atoms. The summed E-state index contributed by atoms with van der Waals surface area (Å²) in [5, 5.41) is 6.84. The maximum atomic E-state index is 3.58. The molecule has 0 aliphatic carbocycles. The summed E-state index contributed by atoms with van der Waals surface area (Å²) in [4.78, 5) is 0. The number of hydrogen-bond acceptors (Lipinski definition) is 2. The Bertz CT molecular complexity index is 310. The molecular weight excluding hydrogens is 240 g/mol. The topological polar surface area (TPSA) is 24.1 Å². The first-order valence-electron chi connectivity index (χ1n) is 4.98. The molecule has 3 heteroatoms. The molecular formula is C11H15BrN2. The first-order chi connectivity index (χ1) is 6.77. The van der Waals surface area contributed by atoms with Gasteiger partial charge in [0.25, 0.3) is 0 Å². The van der Waals surface area contributed by atoms with Crippen LogP contribution in [0.3, 0.4) is 0 Å². The van der Waals surface area contributed by atoms with Crippen LogP contribution in [0.1, 0.15) is 18.5 Å². The molecule has 0 radical (unpaired) electrons. The molecule has 0 amide bonds. The highest BCUT2D eigenvalue weighted by Crippen LogP contribution is 2.23. The lowest BCUT2D eigenvalue weighted by Crippen LogP contribution is -2.55. The van der Waals surface area contributed by atoms with Gasteiger partial charge in [0.15, 0.2) is 0 Å². The lowest BCUT2D eigenvalue weighted by atomic mass is 10.1. The van der Waals surface area contributed by atoms with Crippen LogP contribution in [0.5, 0.6) is 0 Å². The Kier molecular flexibility index (Phi) is 3.21. The predicted octanol–water partition coefficient (Wildman–Crippen LogP) is 2.07. The third-order valence-corrected chi connectivity index (χ3v) is 3.36. The minimum atomic E-state index is 0.415. The van der Waals surface area contributed by atoms with Gasteiger partial charge in [-0.3, -0.25) is 0 Å². The minimum absolute atomic E-state index is 0.415. The van der Waals surface area contributed by atoms with Gasteiger partial charge in [0.1, 0.15) is 0 Å². The maximum absolute atomic E-state index is 3.58. The maximum Gasteiger partial charge on any atom is 0.0322 e. The van der Waals surface area contributed by atoms with E-state index in [1.54, 1.807) is 0 Å². The molecule has 2 nitrogen and oxygen atoms in total. The first-order valence-corrected chi connectivity index (χ1v) is 5.78. The number of halogens is 1. The molecule has 0 saturated carbocycles. The number of nitrogens with one attached hydrogen (secondary N) is 2. The lowest BCUT2D eigenvalue weighted by Gasteiger charge is -2.31. The van der Waals surface area contributed by atoms with Crippen LogP contribution >= 0.6 is 15.9 Å². The Morgan fingerprint density at radius 1 is 1.43 bits per heavy atom. The molecule has 1 fully saturated rings. The summed E-state index contributed by atoms with van der Waals surface area (Å²) in [6.45, 7) is 4.39. The molecule has 1 aliphatic rings. The smallest absolute Gasteiger partial charge is 0.0322 e. The van der Waals surface area contributed by atoms with Crippen molar-refractivity contribution in [3.63, 3.8) is 0 Å². The molecule has 76 valence electrons. The number of benzene rings is 1. The van der Waals surface area contributed by atoms with Gasteiger partial charge < -0.3 is 10.6 Å². The number of hydrogen-bond donors (Lipinski definition) is 2. The van der Waals surface area contributed by atoms with Crippen molar-refractivity contribution in [2.75, 3.05) is 13.1 Å². The second-order valence-electron chi connectivity index (χ2n) is 3.77. The SMILES string of the molecule is C[C@H](NC1CNC1)c1ccccc1Br. The second kappa shape index (κ2) is 4.43. The van der Waals surface area contributed by atoms with Crippen LogP contribution in [0, 0.1) is 0 Å². The van der Waals surface area contributed by atoms with Gasteiger partial charge in [-0.25, -0.2) is 0 Å². The highest BCUT2D eigenvalue weighted by molar-refractivity contribution is 9.10. The lowest BCUT2D eigenvalue weighted by molar-refractivity contribution is 0.338. The van der Waals surface area contributed by atoms with E-state index in [1.807, 2.05) is 6.07 Å². The first kappa shape index (κ1) is 10.1. The molecule has 1 aliphatic heterocycles. The molecule has 1 heterocycles. The predicted molar refractivity (Wildman–Crippen MR) is 62.4 cm³/mol. The van der Waals surface area contributed by atoms with Gasteiger partial charge in [0.2, 0.25) is 0 Å². The van der Waals surface area contributed by atoms with Crippen LogP contribution in [-0.2, 0) is 0 Å². The quantitative estimate of drug-likeness (QED) is 0.864.